The highest BCUT2D eigenvalue weighted by atomic mass is 32.2. The number of aromatic nitrogens is 2. The molecular formula is C29H28N4O3S. The van der Waals surface area contributed by atoms with E-state index in [9.17, 15) is 4.79 Å². The van der Waals surface area contributed by atoms with Gasteiger partial charge in [0.05, 0.1) is 28.1 Å². The number of benzene rings is 2. The van der Waals surface area contributed by atoms with Crippen molar-refractivity contribution in [1.82, 2.24) is 9.97 Å². The van der Waals surface area contributed by atoms with E-state index in [0.29, 0.717) is 13.2 Å². The Bertz CT molecular complexity index is 1500. The van der Waals surface area contributed by atoms with Crippen LogP contribution in [0.3, 0.4) is 0 Å². The third kappa shape index (κ3) is 4.95. The summed E-state index contributed by atoms with van der Waals surface area (Å²) in [6.45, 7) is 6.08. The Morgan fingerprint density at radius 3 is 2.86 bits per heavy atom. The molecule has 2 N–H and O–H groups in total. The Morgan fingerprint density at radius 1 is 1.11 bits per heavy atom. The van der Waals surface area contributed by atoms with E-state index >= 15 is 0 Å². The van der Waals surface area contributed by atoms with Gasteiger partial charge in [0.1, 0.15) is 17.6 Å². The van der Waals surface area contributed by atoms with Gasteiger partial charge in [0.2, 0.25) is 5.56 Å². The number of anilines is 2. The quantitative estimate of drug-likeness (QED) is 0.295. The molecule has 2 aliphatic heterocycles. The highest BCUT2D eigenvalue weighted by molar-refractivity contribution is 7.99. The number of ether oxygens (including phenoxy) is 2. The fourth-order valence-corrected chi connectivity index (χ4v) is 5.83. The van der Waals surface area contributed by atoms with E-state index < -0.39 is 0 Å². The molecule has 0 bridgehead atoms. The number of para-hydroxylation sites is 1. The second-order valence-electron chi connectivity index (χ2n) is 9.33. The summed E-state index contributed by atoms with van der Waals surface area (Å²) in [6.07, 6.45) is 1.53. The monoisotopic (exact) mass is 512 g/mol. The van der Waals surface area contributed by atoms with Crippen molar-refractivity contribution < 1.29 is 9.47 Å². The number of aromatic amines is 1. The molecule has 6 rings (SSSR count). The summed E-state index contributed by atoms with van der Waals surface area (Å²) in [5.74, 6) is 1.68. The molecule has 0 radical (unpaired) electrons. The van der Waals surface area contributed by atoms with Gasteiger partial charge < -0.3 is 24.7 Å². The van der Waals surface area contributed by atoms with E-state index in [4.69, 9.17) is 9.47 Å². The number of hydrogen-bond donors (Lipinski definition) is 2. The summed E-state index contributed by atoms with van der Waals surface area (Å²) >= 11 is 1.70. The molecule has 2 unspecified atom stereocenters. The van der Waals surface area contributed by atoms with Crippen molar-refractivity contribution >= 4 is 23.1 Å². The molecule has 0 saturated carbocycles. The third-order valence-corrected chi connectivity index (χ3v) is 7.74. The van der Waals surface area contributed by atoms with Gasteiger partial charge >= 0.3 is 0 Å². The summed E-state index contributed by atoms with van der Waals surface area (Å²) in [7, 11) is 0. The Kier molecular flexibility index (Phi) is 6.36. The van der Waals surface area contributed by atoms with Gasteiger partial charge in [-0.05, 0) is 56.3 Å². The molecule has 1 fully saturated rings. The maximum Gasteiger partial charge on any atom is 0.249 e. The molecule has 2 aromatic heterocycles. The summed E-state index contributed by atoms with van der Waals surface area (Å²) in [5.41, 5.74) is 4.86. The fraction of sp³-hybridized carbons (Fsp3) is 0.241. The molecule has 1 saturated heterocycles. The van der Waals surface area contributed by atoms with Gasteiger partial charge in [-0.3, -0.25) is 9.78 Å². The van der Waals surface area contributed by atoms with Crippen LogP contribution < -0.4 is 20.5 Å². The summed E-state index contributed by atoms with van der Waals surface area (Å²) in [6, 6.07) is 22.1. The minimum Gasteiger partial charge on any atom is -0.455 e. The number of morpholine rings is 1. The van der Waals surface area contributed by atoms with Gasteiger partial charge in [-0.1, -0.05) is 30.0 Å². The van der Waals surface area contributed by atoms with Crippen LogP contribution in [0, 0.1) is 6.92 Å². The van der Waals surface area contributed by atoms with Crippen molar-refractivity contribution in [2.75, 3.05) is 29.9 Å². The van der Waals surface area contributed by atoms with Crippen LogP contribution in [0.1, 0.15) is 36.0 Å². The van der Waals surface area contributed by atoms with Crippen molar-refractivity contribution in [2.45, 2.75) is 35.8 Å². The van der Waals surface area contributed by atoms with Gasteiger partial charge in [-0.15, -0.1) is 0 Å². The van der Waals surface area contributed by atoms with E-state index in [-0.39, 0.29) is 17.7 Å². The Labute approximate surface area is 219 Å². The standard InChI is InChI=1S/C29H28N4O3S/c1-18-5-3-7-23(31-18)19(2)32-20-9-10-24-27(15-20)37-26-8-4-6-22(29(26)36-24)25-17-33(13-14-35-25)21-11-12-30-28(34)16-21/h3-12,15-16,19,25,32H,13-14,17H2,1-2H3,(H,30,34). The zero-order chi connectivity index (χ0) is 25.4. The number of H-pyrrole nitrogens is 1. The van der Waals surface area contributed by atoms with Crippen LogP contribution in [0.2, 0.25) is 0 Å². The van der Waals surface area contributed by atoms with E-state index in [1.807, 2.05) is 43.3 Å². The average Bonchev–Trinajstić information content (AvgIpc) is 2.91. The average molecular weight is 513 g/mol. The maximum atomic E-state index is 11.8. The van der Waals surface area contributed by atoms with Crippen molar-refractivity contribution in [3.8, 4) is 11.5 Å². The molecule has 0 spiro atoms. The Morgan fingerprint density at radius 2 is 2.00 bits per heavy atom. The van der Waals surface area contributed by atoms with Crippen molar-refractivity contribution in [3.63, 3.8) is 0 Å². The van der Waals surface area contributed by atoms with E-state index in [2.05, 4.69) is 51.4 Å². The highest BCUT2D eigenvalue weighted by Gasteiger charge is 2.29. The Hall–Kier alpha value is -3.75. The van der Waals surface area contributed by atoms with Crippen molar-refractivity contribution in [1.29, 1.82) is 0 Å². The predicted molar refractivity (Wildman–Crippen MR) is 146 cm³/mol. The molecule has 37 heavy (non-hydrogen) atoms. The molecule has 0 amide bonds. The van der Waals surface area contributed by atoms with E-state index in [0.717, 1.165) is 56.2 Å². The van der Waals surface area contributed by atoms with Crippen LogP contribution in [0.5, 0.6) is 11.5 Å². The van der Waals surface area contributed by atoms with Crippen LogP contribution in [-0.4, -0.2) is 29.7 Å². The lowest BCUT2D eigenvalue weighted by atomic mass is 10.1. The van der Waals surface area contributed by atoms with Crippen LogP contribution in [0.4, 0.5) is 11.4 Å². The number of hydrogen-bond acceptors (Lipinski definition) is 7. The van der Waals surface area contributed by atoms with Crippen LogP contribution in [-0.2, 0) is 4.74 Å². The lowest BCUT2D eigenvalue weighted by molar-refractivity contribution is 0.0383. The number of rotatable bonds is 5. The molecule has 4 heterocycles. The zero-order valence-corrected chi connectivity index (χ0v) is 21.5. The topological polar surface area (TPSA) is 79.5 Å². The molecule has 2 aromatic carbocycles. The predicted octanol–water partition coefficient (Wildman–Crippen LogP) is 6.09. The molecular weight excluding hydrogens is 484 g/mol. The SMILES string of the molecule is Cc1cccc(C(C)Nc2ccc3c(c2)Sc2cccc(C4CN(c5cc[nH]c(=O)c5)CCO4)c2O3)n1. The lowest BCUT2D eigenvalue weighted by Gasteiger charge is -2.35. The van der Waals surface area contributed by atoms with Gasteiger partial charge in [0.25, 0.3) is 0 Å². The first-order valence-corrected chi connectivity index (χ1v) is 13.2. The summed E-state index contributed by atoms with van der Waals surface area (Å²) in [5, 5.41) is 3.57. The highest BCUT2D eigenvalue weighted by Crippen LogP contribution is 2.51. The van der Waals surface area contributed by atoms with Gasteiger partial charge in [0, 0.05) is 48.0 Å². The van der Waals surface area contributed by atoms with E-state index in [1.165, 1.54) is 0 Å². The second-order valence-corrected chi connectivity index (χ2v) is 10.4. The summed E-state index contributed by atoms with van der Waals surface area (Å²) < 4.78 is 12.6. The zero-order valence-electron chi connectivity index (χ0n) is 20.7. The number of nitrogens with one attached hydrogen (secondary N) is 2. The van der Waals surface area contributed by atoms with Gasteiger partial charge in [0.15, 0.2) is 0 Å². The maximum absolute atomic E-state index is 11.8. The fourth-order valence-electron chi connectivity index (χ4n) is 4.80. The summed E-state index contributed by atoms with van der Waals surface area (Å²) in [4.78, 5) is 23.5. The molecule has 7 nitrogen and oxygen atoms in total. The molecule has 0 aliphatic carbocycles. The van der Waals surface area contributed by atoms with E-state index in [1.54, 1.807) is 24.0 Å². The van der Waals surface area contributed by atoms with Crippen molar-refractivity contribution in [2.24, 2.45) is 0 Å². The third-order valence-electron chi connectivity index (χ3n) is 6.66. The first-order chi connectivity index (χ1) is 18.0. The molecule has 4 aromatic rings. The number of nitrogens with zero attached hydrogens (tertiary/aromatic N) is 2. The largest absolute Gasteiger partial charge is 0.455 e. The van der Waals surface area contributed by atoms with Crippen LogP contribution in [0.15, 0.2) is 87.5 Å². The molecule has 188 valence electrons. The minimum atomic E-state index is -0.159. The smallest absolute Gasteiger partial charge is 0.249 e. The molecule has 2 atom stereocenters. The Balaban J connectivity index is 1.22. The normalized spacial score (nSPS) is 17.4. The van der Waals surface area contributed by atoms with Crippen LogP contribution >= 0.6 is 11.8 Å². The molecule has 2 aliphatic rings. The van der Waals surface area contributed by atoms with Gasteiger partial charge in [-0.25, -0.2) is 0 Å². The first-order valence-electron chi connectivity index (χ1n) is 12.4. The second kappa shape index (κ2) is 9.95. The van der Waals surface area contributed by atoms with Crippen molar-refractivity contribution in [3.05, 3.63) is 100 Å². The minimum absolute atomic E-state index is 0.0814. The number of fused-ring (bicyclic) bond motifs is 2. The van der Waals surface area contributed by atoms with Crippen LogP contribution in [0.25, 0.3) is 0 Å². The number of pyridine rings is 2. The number of aryl methyl sites for hydroxylation is 1. The van der Waals surface area contributed by atoms with Gasteiger partial charge in [-0.2, -0.15) is 0 Å². The molecule has 8 heteroatoms. The first kappa shape index (κ1) is 23.6. The lowest BCUT2D eigenvalue weighted by Crippen LogP contribution is -2.39.